The molecule has 0 bridgehead atoms. The van der Waals surface area contributed by atoms with Gasteiger partial charge in [0.2, 0.25) is 5.78 Å². The van der Waals surface area contributed by atoms with Crippen LogP contribution < -0.4 is 10.9 Å². The fourth-order valence-corrected chi connectivity index (χ4v) is 2.44. The summed E-state index contributed by atoms with van der Waals surface area (Å²) in [6.45, 7) is 1.84. The molecule has 0 atom stereocenters. The summed E-state index contributed by atoms with van der Waals surface area (Å²) < 4.78 is 8.36. The van der Waals surface area contributed by atoms with Gasteiger partial charge in [-0.1, -0.05) is 18.2 Å². The minimum atomic E-state index is -0.274. The van der Waals surface area contributed by atoms with Crippen LogP contribution in [0.1, 0.15) is 16.2 Å². The summed E-state index contributed by atoms with van der Waals surface area (Å²) in [7, 11) is 1.81. The van der Waals surface area contributed by atoms with Gasteiger partial charge in [0, 0.05) is 19.3 Å². The van der Waals surface area contributed by atoms with Crippen LogP contribution in [0.15, 0.2) is 70.2 Å². The third-order valence-electron chi connectivity index (χ3n) is 3.78. The van der Waals surface area contributed by atoms with Gasteiger partial charge in [-0.05, 0) is 31.2 Å². The molecule has 6 nitrogen and oxygen atoms in total. The molecule has 2 aromatic heterocycles. The molecule has 0 spiro atoms. The fraction of sp³-hybridized carbons (Fsp3) is 0.111. The number of nitrogens with zero attached hydrogens (tertiary/aromatic N) is 2. The van der Waals surface area contributed by atoms with E-state index in [4.69, 9.17) is 4.42 Å². The van der Waals surface area contributed by atoms with Gasteiger partial charge in [0.1, 0.15) is 5.69 Å². The van der Waals surface area contributed by atoms with E-state index in [1.165, 1.54) is 18.5 Å². The molecule has 2 heterocycles. The van der Waals surface area contributed by atoms with E-state index >= 15 is 0 Å². The molecule has 0 aliphatic carbocycles. The largest absolute Gasteiger partial charge is 0.461 e. The Balaban J connectivity index is 1.87. The number of carbonyl (C=O) groups is 1. The van der Waals surface area contributed by atoms with Crippen LogP contribution in [0, 0.1) is 6.92 Å². The lowest BCUT2D eigenvalue weighted by atomic mass is 10.3. The van der Waals surface area contributed by atoms with Gasteiger partial charge in [-0.15, -0.1) is 0 Å². The Morgan fingerprint density at radius 3 is 2.58 bits per heavy atom. The zero-order chi connectivity index (χ0) is 17.1. The van der Waals surface area contributed by atoms with Crippen LogP contribution in [0.5, 0.6) is 0 Å². The van der Waals surface area contributed by atoms with Crippen LogP contribution in [-0.2, 0) is 7.05 Å². The van der Waals surface area contributed by atoms with Gasteiger partial charge in [0.25, 0.3) is 5.56 Å². The average Bonchev–Trinajstić information content (AvgIpc) is 3.19. The van der Waals surface area contributed by atoms with Crippen molar-refractivity contribution in [3.63, 3.8) is 0 Å². The van der Waals surface area contributed by atoms with Crippen molar-refractivity contribution >= 4 is 11.5 Å². The van der Waals surface area contributed by atoms with Crippen LogP contribution >= 0.6 is 0 Å². The SMILES string of the molecule is Cc1c(NC=CC(=O)c2ccco2)c(=O)n(-c2ccccc2)n1C. The van der Waals surface area contributed by atoms with Gasteiger partial charge in [-0.25, -0.2) is 4.68 Å². The summed E-state index contributed by atoms with van der Waals surface area (Å²) in [6.07, 6.45) is 4.22. The number of hydrogen-bond donors (Lipinski definition) is 1. The first-order valence-corrected chi connectivity index (χ1v) is 7.44. The first-order chi connectivity index (χ1) is 11.6. The smallest absolute Gasteiger partial charge is 0.295 e. The van der Waals surface area contributed by atoms with Gasteiger partial charge >= 0.3 is 0 Å². The highest BCUT2D eigenvalue weighted by atomic mass is 16.3. The van der Waals surface area contributed by atoms with E-state index in [2.05, 4.69) is 5.32 Å². The highest BCUT2D eigenvalue weighted by molar-refractivity contribution is 6.02. The normalized spacial score (nSPS) is 11.1. The highest BCUT2D eigenvalue weighted by Gasteiger charge is 2.15. The molecule has 0 saturated carbocycles. The van der Waals surface area contributed by atoms with Crippen molar-refractivity contribution < 1.29 is 9.21 Å². The number of anilines is 1. The van der Waals surface area contributed by atoms with Crippen LogP contribution in [0.25, 0.3) is 5.69 Å². The van der Waals surface area contributed by atoms with Crippen LogP contribution in [0.4, 0.5) is 5.69 Å². The molecule has 3 aromatic rings. The number of ketones is 1. The van der Waals surface area contributed by atoms with Crippen molar-refractivity contribution in [2.75, 3.05) is 5.32 Å². The molecule has 0 aliphatic heterocycles. The average molecular weight is 323 g/mol. The molecule has 0 aliphatic rings. The minimum absolute atomic E-state index is 0.184. The molecule has 1 aromatic carbocycles. The predicted molar refractivity (Wildman–Crippen MR) is 91.5 cm³/mol. The third kappa shape index (κ3) is 2.81. The second-order valence-corrected chi connectivity index (χ2v) is 5.26. The molecule has 0 radical (unpaired) electrons. The Bertz CT molecular complexity index is 932. The van der Waals surface area contributed by atoms with E-state index in [1.54, 1.807) is 21.5 Å². The topological polar surface area (TPSA) is 69.2 Å². The summed E-state index contributed by atoms with van der Waals surface area (Å²) in [6, 6.07) is 12.6. The van der Waals surface area contributed by atoms with E-state index in [0.29, 0.717) is 5.69 Å². The highest BCUT2D eigenvalue weighted by Crippen LogP contribution is 2.14. The van der Waals surface area contributed by atoms with Gasteiger partial charge in [-0.2, -0.15) is 0 Å². The number of allylic oxidation sites excluding steroid dienone is 1. The lowest BCUT2D eigenvalue weighted by molar-refractivity contribution is 0.102. The lowest BCUT2D eigenvalue weighted by Crippen LogP contribution is -2.20. The molecule has 0 amide bonds. The first-order valence-electron chi connectivity index (χ1n) is 7.44. The number of benzene rings is 1. The molecule has 0 unspecified atom stereocenters. The van der Waals surface area contributed by atoms with Crippen molar-refractivity contribution in [1.82, 2.24) is 9.36 Å². The predicted octanol–water partition coefficient (Wildman–Crippen LogP) is 2.89. The quantitative estimate of drug-likeness (QED) is 0.579. The molecule has 0 fully saturated rings. The summed E-state index contributed by atoms with van der Waals surface area (Å²) in [5.74, 6) is -0.0241. The first kappa shape index (κ1) is 15.6. The van der Waals surface area contributed by atoms with E-state index in [-0.39, 0.29) is 17.1 Å². The third-order valence-corrected chi connectivity index (χ3v) is 3.78. The van der Waals surface area contributed by atoms with Crippen molar-refractivity contribution in [3.05, 3.63) is 82.8 Å². The molecule has 1 N–H and O–H groups in total. The lowest BCUT2D eigenvalue weighted by Gasteiger charge is -2.07. The molecule has 24 heavy (non-hydrogen) atoms. The Kier molecular flexibility index (Phi) is 4.20. The van der Waals surface area contributed by atoms with Crippen molar-refractivity contribution in [3.8, 4) is 5.69 Å². The second kappa shape index (κ2) is 6.45. The number of carbonyl (C=O) groups excluding carboxylic acids is 1. The number of nitrogens with one attached hydrogen (secondary N) is 1. The minimum Gasteiger partial charge on any atom is -0.461 e. The number of rotatable bonds is 5. The van der Waals surface area contributed by atoms with Crippen LogP contribution in [-0.4, -0.2) is 15.1 Å². The summed E-state index contributed by atoms with van der Waals surface area (Å²) in [5, 5.41) is 2.91. The Hall–Kier alpha value is -3.28. The van der Waals surface area contributed by atoms with Gasteiger partial charge < -0.3 is 9.73 Å². The maximum atomic E-state index is 12.7. The van der Waals surface area contributed by atoms with Gasteiger partial charge in [-0.3, -0.25) is 14.3 Å². The fourth-order valence-electron chi connectivity index (χ4n) is 2.44. The Morgan fingerprint density at radius 2 is 1.92 bits per heavy atom. The molecular formula is C18H17N3O3. The van der Waals surface area contributed by atoms with E-state index in [1.807, 2.05) is 44.3 Å². The zero-order valence-electron chi connectivity index (χ0n) is 13.4. The van der Waals surface area contributed by atoms with Gasteiger partial charge in [0.15, 0.2) is 5.76 Å². The summed E-state index contributed by atoms with van der Waals surface area (Å²) in [5.41, 5.74) is 1.77. The van der Waals surface area contributed by atoms with Crippen molar-refractivity contribution in [2.24, 2.45) is 7.05 Å². The molecule has 122 valence electrons. The standard InChI is InChI=1S/C18H17N3O3/c1-13-17(19-11-10-15(22)16-9-6-12-24-16)18(23)21(20(13)2)14-7-4-3-5-8-14/h3-12,19H,1-2H3. The van der Waals surface area contributed by atoms with E-state index in [9.17, 15) is 9.59 Å². The maximum absolute atomic E-state index is 12.7. The number of para-hydroxylation sites is 1. The number of aromatic nitrogens is 2. The van der Waals surface area contributed by atoms with Crippen molar-refractivity contribution in [2.45, 2.75) is 6.92 Å². The molecular weight excluding hydrogens is 306 g/mol. The van der Waals surface area contributed by atoms with Crippen LogP contribution in [0.2, 0.25) is 0 Å². The summed E-state index contributed by atoms with van der Waals surface area (Å²) in [4.78, 5) is 24.5. The molecule has 0 saturated heterocycles. The maximum Gasteiger partial charge on any atom is 0.295 e. The number of hydrogen-bond acceptors (Lipinski definition) is 4. The van der Waals surface area contributed by atoms with Crippen molar-refractivity contribution in [1.29, 1.82) is 0 Å². The Labute approximate surface area is 138 Å². The molecule has 3 rings (SSSR count). The van der Waals surface area contributed by atoms with Gasteiger partial charge in [0.05, 0.1) is 17.6 Å². The zero-order valence-corrected chi connectivity index (χ0v) is 13.4. The number of furan rings is 1. The molecule has 6 heteroatoms. The van der Waals surface area contributed by atoms with E-state index < -0.39 is 0 Å². The second-order valence-electron chi connectivity index (χ2n) is 5.26. The Morgan fingerprint density at radius 1 is 1.17 bits per heavy atom. The monoisotopic (exact) mass is 323 g/mol. The summed E-state index contributed by atoms with van der Waals surface area (Å²) >= 11 is 0. The van der Waals surface area contributed by atoms with E-state index in [0.717, 1.165) is 11.4 Å². The van der Waals surface area contributed by atoms with Crippen LogP contribution in [0.3, 0.4) is 0 Å².